The van der Waals surface area contributed by atoms with Gasteiger partial charge in [0.05, 0.1) is 6.61 Å². The van der Waals surface area contributed by atoms with E-state index >= 15 is 0 Å². The van der Waals surface area contributed by atoms with Crippen molar-refractivity contribution >= 4 is 22.6 Å². The number of hydrogen-bond acceptors (Lipinski definition) is 5. The van der Waals surface area contributed by atoms with Gasteiger partial charge in [0, 0.05) is 17.6 Å². The third-order valence-electron chi connectivity index (χ3n) is 2.73. The molecule has 0 aliphatic carbocycles. The Morgan fingerprint density at radius 2 is 2.21 bits per heavy atom. The van der Waals surface area contributed by atoms with Crippen molar-refractivity contribution in [2.24, 2.45) is 0 Å². The molecule has 0 radical (unpaired) electrons. The van der Waals surface area contributed by atoms with Gasteiger partial charge in [0.15, 0.2) is 5.76 Å². The summed E-state index contributed by atoms with van der Waals surface area (Å²) in [6.45, 7) is 0.915. The molecular formula is C13H16N2O4. The Balaban J connectivity index is 2.13. The number of nitrogen functional groups attached to an aromatic ring is 1. The molecule has 0 aliphatic heterocycles. The maximum Gasteiger partial charge on any atom is 0.287 e. The van der Waals surface area contributed by atoms with Crippen LogP contribution in [0.2, 0.25) is 0 Å². The number of anilines is 1. The van der Waals surface area contributed by atoms with Gasteiger partial charge in [-0.1, -0.05) is 0 Å². The third kappa shape index (κ3) is 3.04. The Kier molecular flexibility index (Phi) is 3.46. The van der Waals surface area contributed by atoms with Crippen LogP contribution < -0.4 is 11.1 Å². The smallest absolute Gasteiger partial charge is 0.287 e. The number of nitrogens with two attached hydrogens (primary N) is 1. The van der Waals surface area contributed by atoms with Crippen molar-refractivity contribution in [3.05, 3.63) is 30.0 Å². The Morgan fingerprint density at radius 3 is 2.89 bits per heavy atom. The van der Waals surface area contributed by atoms with E-state index in [4.69, 9.17) is 15.3 Å². The van der Waals surface area contributed by atoms with E-state index in [1.807, 2.05) is 0 Å². The molecule has 1 unspecified atom stereocenters. The Labute approximate surface area is 109 Å². The number of benzene rings is 1. The minimum absolute atomic E-state index is 0.0679. The van der Waals surface area contributed by atoms with Crippen molar-refractivity contribution in [2.75, 3.05) is 18.9 Å². The minimum Gasteiger partial charge on any atom is -0.451 e. The maximum atomic E-state index is 11.8. The molecular weight excluding hydrogens is 248 g/mol. The molecule has 102 valence electrons. The molecule has 0 saturated carbocycles. The van der Waals surface area contributed by atoms with E-state index in [2.05, 4.69) is 5.32 Å². The molecule has 0 saturated heterocycles. The second-order valence-electron chi connectivity index (χ2n) is 4.75. The molecule has 1 atom stereocenters. The fourth-order valence-electron chi connectivity index (χ4n) is 1.59. The highest BCUT2D eigenvalue weighted by Gasteiger charge is 2.21. The van der Waals surface area contributed by atoms with Crippen molar-refractivity contribution in [2.45, 2.75) is 12.5 Å². The summed E-state index contributed by atoms with van der Waals surface area (Å²) in [4.78, 5) is 11.8. The number of furan rings is 1. The molecule has 19 heavy (non-hydrogen) atoms. The van der Waals surface area contributed by atoms with Gasteiger partial charge in [0.1, 0.15) is 11.2 Å². The zero-order valence-electron chi connectivity index (χ0n) is 10.5. The number of hydrogen-bond donors (Lipinski definition) is 4. The number of nitrogens with one attached hydrogen (secondary N) is 1. The van der Waals surface area contributed by atoms with E-state index in [1.54, 1.807) is 24.3 Å². The second kappa shape index (κ2) is 4.91. The number of aliphatic hydroxyl groups excluding tert-OH is 1. The summed E-state index contributed by atoms with van der Waals surface area (Å²) in [6.07, 6.45) is 0. The number of carbonyl (C=O) groups is 1. The van der Waals surface area contributed by atoms with E-state index in [9.17, 15) is 9.90 Å². The van der Waals surface area contributed by atoms with Crippen LogP contribution in [0.1, 0.15) is 17.5 Å². The highest BCUT2D eigenvalue weighted by Crippen LogP contribution is 2.21. The van der Waals surface area contributed by atoms with Crippen LogP contribution in [0.5, 0.6) is 0 Å². The van der Waals surface area contributed by atoms with E-state index in [-0.39, 0.29) is 12.3 Å². The zero-order chi connectivity index (χ0) is 14.0. The van der Waals surface area contributed by atoms with Gasteiger partial charge in [-0.2, -0.15) is 0 Å². The molecule has 2 aromatic rings. The first kappa shape index (κ1) is 13.4. The predicted octanol–water partition coefficient (Wildman–Crippen LogP) is 0.488. The fraction of sp³-hybridized carbons (Fsp3) is 0.308. The average molecular weight is 264 g/mol. The van der Waals surface area contributed by atoms with Gasteiger partial charge in [-0.15, -0.1) is 0 Å². The van der Waals surface area contributed by atoms with Crippen molar-refractivity contribution in [3.63, 3.8) is 0 Å². The van der Waals surface area contributed by atoms with Crippen LogP contribution in [0.25, 0.3) is 11.0 Å². The van der Waals surface area contributed by atoms with Gasteiger partial charge in [0.25, 0.3) is 5.91 Å². The zero-order valence-corrected chi connectivity index (χ0v) is 10.5. The minimum atomic E-state index is -1.36. The lowest BCUT2D eigenvalue weighted by Gasteiger charge is -2.19. The molecule has 0 bridgehead atoms. The number of amides is 1. The molecule has 1 aromatic heterocycles. The Morgan fingerprint density at radius 1 is 1.47 bits per heavy atom. The molecule has 0 spiro atoms. The predicted molar refractivity (Wildman–Crippen MR) is 70.7 cm³/mol. The number of aliphatic hydroxyl groups is 2. The van der Waals surface area contributed by atoms with Crippen LogP contribution >= 0.6 is 0 Å². The van der Waals surface area contributed by atoms with Gasteiger partial charge >= 0.3 is 0 Å². The third-order valence-corrected chi connectivity index (χ3v) is 2.73. The molecule has 5 N–H and O–H groups in total. The van der Waals surface area contributed by atoms with E-state index in [0.717, 1.165) is 5.39 Å². The van der Waals surface area contributed by atoms with E-state index < -0.39 is 18.1 Å². The average Bonchev–Trinajstić information content (AvgIpc) is 2.79. The van der Waals surface area contributed by atoms with Crippen LogP contribution in [-0.2, 0) is 0 Å². The Hall–Kier alpha value is -2.05. The van der Waals surface area contributed by atoms with Crippen molar-refractivity contribution in [1.29, 1.82) is 0 Å². The summed E-state index contributed by atoms with van der Waals surface area (Å²) >= 11 is 0. The summed E-state index contributed by atoms with van der Waals surface area (Å²) in [5.74, 6) is -0.321. The van der Waals surface area contributed by atoms with Crippen molar-refractivity contribution in [3.8, 4) is 0 Å². The first-order chi connectivity index (χ1) is 8.91. The Bertz CT molecular complexity index is 604. The molecule has 0 aliphatic rings. The lowest BCUT2D eigenvalue weighted by molar-refractivity contribution is 0.00301. The summed E-state index contributed by atoms with van der Waals surface area (Å²) in [7, 11) is 0. The monoisotopic (exact) mass is 264 g/mol. The summed E-state index contributed by atoms with van der Waals surface area (Å²) in [5, 5.41) is 21.7. The first-order valence-electron chi connectivity index (χ1n) is 5.82. The standard InChI is InChI=1S/C13H16N2O4/c1-13(18,7-16)6-15-12(17)11-5-8-4-9(14)2-3-10(8)19-11/h2-5,16,18H,6-7,14H2,1H3,(H,15,17). The molecule has 2 rings (SSSR count). The highest BCUT2D eigenvalue weighted by atomic mass is 16.3. The molecule has 1 heterocycles. The molecule has 1 amide bonds. The first-order valence-corrected chi connectivity index (χ1v) is 5.82. The summed E-state index contributed by atoms with van der Waals surface area (Å²) < 4.78 is 5.37. The maximum absolute atomic E-state index is 11.8. The second-order valence-corrected chi connectivity index (χ2v) is 4.75. The van der Waals surface area contributed by atoms with Crippen LogP contribution in [-0.4, -0.2) is 34.9 Å². The van der Waals surface area contributed by atoms with Gasteiger partial charge in [-0.05, 0) is 31.2 Å². The van der Waals surface area contributed by atoms with Crippen LogP contribution in [0.3, 0.4) is 0 Å². The molecule has 1 aromatic carbocycles. The highest BCUT2D eigenvalue weighted by molar-refractivity contribution is 5.96. The van der Waals surface area contributed by atoms with Gasteiger partial charge < -0.3 is 25.7 Å². The lowest BCUT2D eigenvalue weighted by atomic mass is 10.1. The lowest BCUT2D eigenvalue weighted by Crippen LogP contribution is -2.43. The number of carbonyl (C=O) groups excluding carboxylic acids is 1. The SMILES string of the molecule is CC(O)(CO)CNC(=O)c1cc2cc(N)ccc2o1. The van der Waals surface area contributed by atoms with Gasteiger partial charge in [-0.25, -0.2) is 0 Å². The number of rotatable bonds is 4. The van der Waals surface area contributed by atoms with E-state index in [0.29, 0.717) is 11.3 Å². The molecule has 6 nitrogen and oxygen atoms in total. The summed E-state index contributed by atoms with van der Waals surface area (Å²) in [6, 6.07) is 6.66. The quantitative estimate of drug-likeness (QED) is 0.601. The van der Waals surface area contributed by atoms with Crippen LogP contribution in [0.4, 0.5) is 5.69 Å². The fourth-order valence-corrected chi connectivity index (χ4v) is 1.59. The van der Waals surface area contributed by atoms with Gasteiger partial charge in [0.2, 0.25) is 0 Å². The van der Waals surface area contributed by atoms with Crippen LogP contribution in [0.15, 0.2) is 28.7 Å². The molecule has 0 fully saturated rings. The molecule has 6 heteroatoms. The summed E-state index contributed by atoms with van der Waals surface area (Å²) in [5.41, 5.74) is 5.43. The largest absolute Gasteiger partial charge is 0.451 e. The number of fused-ring (bicyclic) bond motifs is 1. The normalized spacial score (nSPS) is 14.3. The topological polar surface area (TPSA) is 109 Å². The van der Waals surface area contributed by atoms with Crippen molar-refractivity contribution in [1.82, 2.24) is 5.32 Å². The van der Waals surface area contributed by atoms with Gasteiger partial charge in [-0.3, -0.25) is 4.79 Å². The van der Waals surface area contributed by atoms with Crippen LogP contribution in [0, 0.1) is 0 Å². The van der Waals surface area contributed by atoms with E-state index in [1.165, 1.54) is 6.92 Å². The van der Waals surface area contributed by atoms with Crippen molar-refractivity contribution < 1.29 is 19.4 Å².